The Balaban J connectivity index is 1.71. The summed E-state index contributed by atoms with van der Waals surface area (Å²) in [5.74, 6) is 0.699. The van der Waals surface area contributed by atoms with Crippen molar-refractivity contribution >= 4 is 40.0 Å². The minimum atomic E-state index is 0.450. The van der Waals surface area contributed by atoms with Crippen molar-refractivity contribution in [1.29, 1.82) is 0 Å². The second-order valence-electron chi connectivity index (χ2n) is 5.85. The molecule has 3 aromatic heterocycles. The van der Waals surface area contributed by atoms with Crippen LogP contribution in [0.3, 0.4) is 0 Å². The van der Waals surface area contributed by atoms with E-state index in [4.69, 9.17) is 12.2 Å². The number of rotatable bonds is 4. The average Bonchev–Trinajstić information content (AvgIpc) is 3.43. The smallest absolute Gasteiger partial charge is 0.250 e. The molecule has 5 aromatic rings. The van der Waals surface area contributed by atoms with Crippen LogP contribution in [0.5, 0.6) is 0 Å². The van der Waals surface area contributed by atoms with Crippen molar-refractivity contribution in [2.75, 3.05) is 0 Å². The van der Waals surface area contributed by atoms with Crippen molar-refractivity contribution < 1.29 is 0 Å². The zero-order chi connectivity index (χ0) is 18.9. The van der Waals surface area contributed by atoms with Gasteiger partial charge < -0.3 is 0 Å². The molecule has 0 spiro atoms. The topological polar surface area (TPSA) is 99.4 Å². The predicted octanol–water partition coefficient (Wildman–Crippen LogP) is 5.32. The van der Waals surface area contributed by atoms with Crippen LogP contribution in [0.15, 0.2) is 70.9 Å². The van der Waals surface area contributed by atoms with E-state index in [1.54, 1.807) is 0 Å². The second kappa shape index (κ2) is 6.91. The molecular formula is C18H12N8S2. The summed E-state index contributed by atoms with van der Waals surface area (Å²) in [5.41, 5.74) is 3.88. The Kier molecular flexibility index (Phi) is 4.11. The summed E-state index contributed by atoms with van der Waals surface area (Å²) in [4.78, 5) is 0. The largest absolute Gasteiger partial charge is 0.288 e. The number of aromatic nitrogens is 6. The van der Waals surface area contributed by atoms with E-state index in [1.165, 1.54) is 11.3 Å². The molecule has 0 fully saturated rings. The maximum atomic E-state index is 5.05. The Hall–Kier alpha value is -3.50. The lowest BCUT2D eigenvalue weighted by atomic mass is 10.1. The predicted molar refractivity (Wildman–Crippen MR) is 110 cm³/mol. The molecule has 28 heavy (non-hydrogen) atoms. The molecule has 2 aromatic carbocycles. The molecule has 0 saturated carbocycles. The fourth-order valence-electron chi connectivity index (χ4n) is 2.85. The normalized spacial score (nSPS) is 11.6. The van der Waals surface area contributed by atoms with Gasteiger partial charge in [-0.15, -0.1) is 25.5 Å². The number of benzene rings is 2. The van der Waals surface area contributed by atoms with E-state index < -0.39 is 0 Å². The van der Waals surface area contributed by atoms with E-state index in [-0.39, 0.29) is 0 Å². The van der Waals surface area contributed by atoms with Crippen molar-refractivity contribution in [1.82, 2.24) is 30.0 Å². The molecule has 0 radical (unpaired) electrons. The molecule has 0 bridgehead atoms. The molecule has 0 aliphatic rings. The number of hydrogen-bond acceptors (Lipinski definition) is 7. The molecule has 136 valence electrons. The fourth-order valence-corrected chi connectivity index (χ4v) is 3.55. The highest BCUT2D eigenvalue weighted by atomic mass is 32.1. The van der Waals surface area contributed by atoms with Crippen LogP contribution in [-0.4, -0.2) is 30.0 Å². The summed E-state index contributed by atoms with van der Waals surface area (Å²) in [6.45, 7) is 0. The van der Waals surface area contributed by atoms with Gasteiger partial charge in [-0.1, -0.05) is 72.0 Å². The Bertz CT molecular complexity index is 1330. The van der Waals surface area contributed by atoms with Crippen molar-refractivity contribution in [3.05, 3.63) is 64.6 Å². The first-order valence-electron chi connectivity index (χ1n) is 8.35. The van der Waals surface area contributed by atoms with Gasteiger partial charge in [-0.05, 0) is 12.2 Å². The van der Waals surface area contributed by atoms with Gasteiger partial charge in [0.2, 0.25) is 10.8 Å². The van der Waals surface area contributed by atoms with Crippen LogP contribution in [0.25, 0.3) is 28.3 Å². The van der Waals surface area contributed by atoms with Crippen LogP contribution < -0.4 is 0 Å². The third-order valence-electron chi connectivity index (χ3n) is 4.09. The highest BCUT2D eigenvalue weighted by Crippen LogP contribution is 2.35. The van der Waals surface area contributed by atoms with Crippen molar-refractivity contribution in [3.8, 4) is 22.6 Å². The lowest BCUT2D eigenvalue weighted by Crippen LogP contribution is -1.90. The minimum absolute atomic E-state index is 0.450. The summed E-state index contributed by atoms with van der Waals surface area (Å²) in [6.07, 6.45) is 0. The third kappa shape index (κ3) is 2.94. The van der Waals surface area contributed by atoms with E-state index in [1.807, 2.05) is 65.2 Å². The molecule has 0 atom stereocenters. The Morgan fingerprint density at radius 1 is 0.893 bits per heavy atom. The van der Waals surface area contributed by atoms with Gasteiger partial charge in [0.1, 0.15) is 0 Å². The van der Waals surface area contributed by atoms with E-state index in [0.29, 0.717) is 26.2 Å². The van der Waals surface area contributed by atoms with Crippen molar-refractivity contribution in [2.24, 2.45) is 10.2 Å². The molecular weight excluding hydrogens is 392 g/mol. The van der Waals surface area contributed by atoms with Gasteiger partial charge in [-0.25, -0.2) is 4.52 Å². The highest BCUT2D eigenvalue weighted by molar-refractivity contribution is 7.73. The van der Waals surface area contributed by atoms with Crippen LogP contribution in [0.2, 0.25) is 0 Å². The van der Waals surface area contributed by atoms with E-state index in [2.05, 4.69) is 35.7 Å². The highest BCUT2D eigenvalue weighted by Gasteiger charge is 2.19. The standard InChI is InChI=1S/C18H12N8S2/c27-18-24-23-17(28-18)22-19-14-13(11-7-3-1-4-8-11)25-26-15(20-21-16(14)26)12-9-5-2-6-10-12/h1-10,25H,(H,24,27). The number of nitrogens with zero attached hydrogens (tertiary/aromatic N) is 6. The van der Waals surface area contributed by atoms with E-state index in [9.17, 15) is 0 Å². The number of hydrogen-bond donors (Lipinski definition) is 2. The maximum Gasteiger partial charge on any atom is 0.250 e. The maximum absolute atomic E-state index is 5.05. The molecule has 0 unspecified atom stereocenters. The number of azo groups is 1. The molecule has 3 heterocycles. The Morgan fingerprint density at radius 2 is 1.61 bits per heavy atom. The average molecular weight is 404 g/mol. The van der Waals surface area contributed by atoms with Crippen molar-refractivity contribution in [2.45, 2.75) is 0 Å². The summed E-state index contributed by atoms with van der Waals surface area (Å²) in [6, 6.07) is 19.7. The van der Waals surface area contributed by atoms with Crippen LogP contribution in [0.4, 0.5) is 10.8 Å². The molecule has 5 rings (SSSR count). The molecule has 0 aliphatic heterocycles. The van der Waals surface area contributed by atoms with Crippen LogP contribution in [-0.2, 0) is 0 Å². The molecule has 8 nitrogen and oxygen atoms in total. The van der Waals surface area contributed by atoms with E-state index >= 15 is 0 Å². The van der Waals surface area contributed by atoms with Gasteiger partial charge >= 0.3 is 0 Å². The third-order valence-corrected chi connectivity index (χ3v) is 5.07. The number of aromatic amines is 2. The van der Waals surface area contributed by atoms with Gasteiger partial charge in [0, 0.05) is 11.1 Å². The van der Waals surface area contributed by atoms with Gasteiger partial charge in [0.25, 0.3) is 0 Å². The van der Waals surface area contributed by atoms with Gasteiger partial charge in [-0.3, -0.25) is 10.2 Å². The Morgan fingerprint density at radius 3 is 2.29 bits per heavy atom. The summed E-state index contributed by atoms with van der Waals surface area (Å²) >= 11 is 6.30. The zero-order valence-electron chi connectivity index (χ0n) is 14.3. The molecule has 0 aliphatic carbocycles. The van der Waals surface area contributed by atoms with Crippen LogP contribution in [0.1, 0.15) is 0 Å². The van der Waals surface area contributed by atoms with Gasteiger partial charge in [-0.2, -0.15) is 0 Å². The van der Waals surface area contributed by atoms with Crippen molar-refractivity contribution in [3.63, 3.8) is 0 Å². The quantitative estimate of drug-likeness (QED) is 0.313. The number of H-pyrrole nitrogens is 2. The molecule has 0 saturated heterocycles. The van der Waals surface area contributed by atoms with E-state index in [0.717, 1.165) is 16.8 Å². The first kappa shape index (κ1) is 16.7. The number of nitrogens with one attached hydrogen (secondary N) is 2. The minimum Gasteiger partial charge on any atom is -0.288 e. The summed E-state index contributed by atoms with van der Waals surface area (Å²) in [7, 11) is 0. The molecule has 10 heteroatoms. The molecule has 2 N–H and O–H groups in total. The van der Waals surface area contributed by atoms with Gasteiger partial charge in [0.15, 0.2) is 15.5 Å². The monoisotopic (exact) mass is 404 g/mol. The lowest BCUT2D eigenvalue weighted by Gasteiger charge is -1.99. The zero-order valence-corrected chi connectivity index (χ0v) is 15.9. The van der Waals surface area contributed by atoms with Crippen LogP contribution >= 0.6 is 23.6 Å². The SMILES string of the molecule is S=c1[nH]nc(N=Nc2c(-c3ccccc3)[nH]n3c(-c4ccccc4)nnc23)s1. The fraction of sp³-hybridized carbons (Fsp3) is 0. The molecule has 0 amide bonds. The van der Waals surface area contributed by atoms with Gasteiger partial charge in [0.05, 0.1) is 5.69 Å². The summed E-state index contributed by atoms with van der Waals surface area (Å²) in [5, 5.41) is 27.8. The Labute approximate surface area is 167 Å². The first-order valence-corrected chi connectivity index (χ1v) is 9.57. The first-order chi connectivity index (χ1) is 13.8. The summed E-state index contributed by atoms with van der Waals surface area (Å²) < 4.78 is 2.36. The number of fused-ring (bicyclic) bond motifs is 1. The van der Waals surface area contributed by atoms with Crippen LogP contribution in [0, 0.1) is 3.95 Å². The second-order valence-corrected chi connectivity index (χ2v) is 7.49. The lowest BCUT2D eigenvalue weighted by molar-refractivity contribution is 0.970.